The zero-order valence-corrected chi connectivity index (χ0v) is 13.5. The van der Waals surface area contributed by atoms with Gasteiger partial charge < -0.3 is 10.3 Å². The zero-order chi connectivity index (χ0) is 16.2. The number of H-pyrrole nitrogens is 1. The van der Waals surface area contributed by atoms with E-state index in [0.29, 0.717) is 0 Å². The van der Waals surface area contributed by atoms with Crippen LogP contribution in [0.2, 0.25) is 0 Å². The summed E-state index contributed by atoms with van der Waals surface area (Å²) in [5, 5.41) is 4.84. The van der Waals surface area contributed by atoms with Crippen molar-refractivity contribution >= 4 is 10.9 Å². The van der Waals surface area contributed by atoms with Gasteiger partial charge in [0.05, 0.1) is 0 Å². The Morgan fingerprint density at radius 1 is 0.667 bits per heavy atom. The number of fused-ring (bicyclic) bond motifs is 1. The first-order valence-corrected chi connectivity index (χ1v) is 8.31. The Balaban J connectivity index is 1.65. The molecule has 0 aliphatic carbocycles. The Bertz CT molecular complexity index is 924. The molecule has 0 aliphatic heterocycles. The van der Waals surface area contributed by atoms with Crippen molar-refractivity contribution in [2.75, 3.05) is 0 Å². The first-order valence-electron chi connectivity index (χ1n) is 8.31. The summed E-state index contributed by atoms with van der Waals surface area (Å²) in [7, 11) is 0. The van der Waals surface area contributed by atoms with Gasteiger partial charge in [0.15, 0.2) is 0 Å². The van der Waals surface area contributed by atoms with E-state index < -0.39 is 0 Å². The third-order valence-electron chi connectivity index (χ3n) is 4.32. The molecular weight excluding hydrogens is 292 g/mol. The van der Waals surface area contributed by atoms with Gasteiger partial charge in [-0.2, -0.15) is 0 Å². The predicted octanol–water partition coefficient (Wildman–Crippen LogP) is 5.12. The minimum Gasteiger partial charge on any atom is -0.357 e. The highest BCUT2D eigenvalue weighted by Gasteiger charge is 2.12. The zero-order valence-electron chi connectivity index (χ0n) is 13.5. The molecule has 0 aliphatic rings. The number of rotatable bonds is 5. The molecule has 0 saturated carbocycles. The molecule has 0 fully saturated rings. The Labute approximate surface area is 142 Å². The maximum atomic E-state index is 3.59. The van der Waals surface area contributed by atoms with Crippen molar-refractivity contribution in [1.29, 1.82) is 0 Å². The summed E-state index contributed by atoms with van der Waals surface area (Å²) < 4.78 is 0. The van der Waals surface area contributed by atoms with E-state index in [2.05, 4.69) is 95.2 Å². The van der Waals surface area contributed by atoms with E-state index in [1.165, 1.54) is 33.3 Å². The van der Waals surface area contributed by atoms with E-state index in [1.54, 1.807) is 0 Å². The molecule has 0 atom stereocenters. The van der Waals surface area contributed by atoms with Crippen LogP contribution in [0.25, 0.3) is 22.0 Å². The second-order valence-corrected chi connectivity index (χ2v) is 5.98. The van der Waals surface area contributed by atoms with Gasteiger partial charge in [-0.25, -0.2) is 0 Å². The summed E-state index contributed by atoms with van der Waals surface area (Å²) in [5.41, 5.74) is 6.28. The van der Waals surface area contributed by atoms with Crippen molar-refractivity contribution in [3.8, 4) is 11.1 Å². The van der Waals surface area contributed by atoms with E-state index in [9.17, 15) is 0 Å². The molecule has 0 unspecified atom stereocenters. The third-order valence-corrected chi connectivity index (χ3v) is 4.32. The standard InChI is InChI=1S/C22H20N2/c1-3-9-17(10-4-1)15-23-16-21-22(18-11-5-2-6-12-18)19-13-7-8-14-20(19)24-21/h1-14,23-24H,15-16H2. The van der Waals surface area contributed by atoms with Gasteiger partial charge in [-0.15, -0.1) is 0 Å². The minimum atomic E-state index is 0.813. The lowest BCUT2D eigenvalue weighted by Crippen LogP contribution is -2.13. The predicted molar refractivity (Wildman–Crippen MR) is 101 cm³/mol. The summed E-state index contributed by atoms with van der Waals surface area (Å²) in [4.78, 5) is 3.59. The van der Waals surface area contributed by atoms with Crippen LogP contribution in [0, 0.1) is 0 Å². The van der Waals surface area contributed by atoms with Crippen LogP contribution in [0.3, 0.4) is 0 Å². The van der Waals surface area contributed by atoms with Gasteiger partial charge in [0.25, 0.3) is 0 Å². The molecule has 4 aromatic rings. The second-order valence-electron chi connectivity index (χ2n) is 5.98. The molecule has 2 heteroatoms. The Morgan fingerprint density at radius 2 is 1.33 bits per heavy atom. The molecule has 0 spiro atoms. The average Bonchev–Trinajstić information content (AvgIpc) is 3.01. The van der Waals surface area contributed by atoms with Gasteiger partial charge in [0, 0.05) is 35.2 Å². The fourth-order valence-corrected chi connectivity index (χ4v) is 3.19. The van der Waals surface area contributed by atoms with Gasteiger partial charge in [-0.1, -0.05) is 78.9 Å². The van der Waals surface area contributed by atoms with Gasteiger partial charge in [0.1, 0.15) is 0 Å². The van der Waals surface area contributed by atoms with Crippen molar-refractivity contribution in [3.05, 3.63) is 96.2 Å². The molecule has 1 aromatic heterocycles. The maximum absolute atomic E-state index is 3.59. The third kappa shape index (κ3) is 2.97. The molecular formula is C22H20N2. The van der Waals surface area contributed by atoms with Crippen molar-refractivity contribution in [2.24, 2.45) is 0 Å². The number of nitrogens with one attached hydrogen (secondary N) is 2. The van der Waals surface area contributed by atoms with Crippen LogP contribution < -0.4 is 5.32 Å². The summed E-state index contributed by atoms with van der Waals surface area (Å²) in [6, 6.07) is 29.6. The minimum absolute atomic E-state index is 0.813. The van der Waals surface area contributed by atoms with Gasteiger partial charge in [0.2, 0.25) is 0 Å². The summed E-state index contributed by atoms with van der Waals surface area (Å²) >= 11 is 0. The maximum Gasteiger partial charge on any atom is 0.0462 e. The highest BCUT2D eigenvalue weighted by atomic mass is 14.9. The molecule has 2 N–H and O–H groups in total. The normalized spacial score (nSPS) is 11.0. The number of aromatic nitrogens is 1. The van der Waals surface area contributed by atoms with E-state index in [0.717, 1.165) is 13.1 Å². The molecule has 0 bridgehead atoms. The number of aromatic amines is 1. The SMILES string of the molecule is c1ccc(CNCc2[nH]c3ccccc3c2-c2ccccc2)cc1. The van der Waals surface area contributed by atoms with E-state index in [-0.39, 0.29) is 0 Å². The second kappa shape index (κ2) is 6.73. The number of benzene rings is 3. The lowest BCUT2D eigenvalue weighted by molar-refractivity contribution is 0.684. The quantitative estimate of drug-likeness (QED) is 0.525. The van der Waals surface area contributed by atoms with Gasteiger partial charge >= 0.3 is 0 Å². The number of para-hydroxylation sites is 1. The molecule has 118 valence electrons. The average molecular weight is 312 g/mol. The number of hydrogen-bond acceptors (Lipinski definition) is 1. The van der Waals surface area contributed by atoms with E-state index >= 15 is 0 Å². The van der Waals surface area contributed by atoms with Crippen molar-refractivity contribution < 1.29 is 0 Å². The lowest BCUT2D eigenvalue weighted by Gasteiger charge is -2.07. The van der Waals surface area contributed by atoms with Crippen molar-refractivity contribution in [3.63, 3.8) is 0 Å². The Hall–Kier alpha value is -2.84. The molecule has 3 aromatic carbocycles. The molecule has 4 rings (SSSR count). The van der Waals surface area contributed by atoms with E-state index in [4.69, 9.17) is 0 Å². The lowest BCUT2D eigenvalue weighted by atomic mass is 10.0. The largest absolute Gasteiger partial charge is 0.357 e. The van der Waals surface area contributed by atoms with Crippen molar-refractivity contribution in [1.82, 2.24) is 10.3 Å². The van der Waals surface area contributed by atoms with Crippen LogP contribution in [0.15, 0.2) is 84.9 Å². The summed E-state index contributed by atoms with van der Waals surface area (Å²) in [6.45, 7) is 1.68. The van der Waals surface area contributed by atoms with Crippen LogP contribution in [0.5, 0.6) is 0 Å². The number of hydrogen-bond donors (Lipinski definition) is 2. The van der Waals surface area contributed by atoms with Gasteiger partial charge in [-0.3, -0.25) is 0 Å². The molecule has 1 heterocycles. The highest BCUT2D eigenvalue weighted by molar-refractivity contribution is 5.97. The Morgan fingerprint density at radius 3 is 2.12 bits per heavy atom. The smallest absolute Gasteiger partial charge is 0.0462 e. The molecule has 24 heavy (non-hydrogen) atoms. The Kier molecular flexibility index (Phi) is 4.13. The fourth-order valence-electron chi connectivity index (χ4n) is 3.19. The molecule has 0 radical (unpaired) electrons. The topological polar surface area (TPSA) is 27.8 Å². The molecule has 2 nitrogen and oxygen atoms in total. The van der Waals surface area contributed by atoms with Crippen LogP contribution in [0.4, 0.5) is 0 Å². The highest BCUT2D eigenvalue weighted by Crippen LogP contribution is 2.32. The van der Waals surface area contributed by atoms with Gasteiger partial charge in [-0.05, 0) is 17.2 Å². The summed E-state index contributed by atoms with van der Waals surface area (Å²) in [6.07, 6.45) is 0. The van der Waals surface area contributed by atoms with Crippen LogP contribution >= 0.6 is 0 Å². The monoisotopic (exact) mass is 312 g/mol. The fraction of sp³-hybridized carbons (Fsp3) is 0.0909. The first kappa shape index (κ1) is 14.7. The molecule has 0 saturated heterocycles. The van der Waals surface area contributed by atoms with Crippen LogP contribution in [0.1, 0.15) is 11.3 Å². The van der Waals surface area contributed by atoms with Crippen LogP contribution in [-0.4, -0.2) is 4.98 Å². The first-order chi connectivity index (χ1) is 11.9. The van der Waals surface area contributed by atoms with E-state index in [1.807, 2.05) is 0 Å². The van der Waals surface area contributed by atoms with Crippen molar-refractivity contribution in [2.45, 2.75) is 13.1 Å². The van der Waals surface area contributed by atoms with Crippen LogP contribution in [-0.2, 0) is 13.1 Å². The molecule has 0 amide bonds. The summed E-state index contributed by atoms with van der Waals surface area (Å²) in [5.74, 6) is 0.